The summed E-state index contributed by atoms with van der Waals surface area (Å²) in [5, 5.41) is 0.622. The number of ketones is 1. The highest BCUT2D eigenvalue weighted by molar-refractivity contribution is 6.41. The van der Waals surface area contributed by atoms with Crippen molar-refractivity contribution < 1.29 is 9.59 Å². The highest BCUT2D eigenvalue weighted by atomic mass is 35.5. The van der Waals surface area contributed by atoms with E-state index in [9.17, 15) is 9.59 Å². The standard InChI is InChI=1S/C15H12ClNO2/c16-11-6-7-13-12(8-11)14(18)15(19)17(13)9-10-4-2-1-3-5-10/h1-7,12H,8-9H2. The number of carbonyl (C=O) groups is 2. The van der Waals surface area contributed by atoms with E-state index in [4.69, 9.17) is 11.6 Å². The van der Waals surface area contributed by atoms with Gasteiger partial charge in [0.15, 0.2) is 0 Å². The van der Waals surface area contributed by atoms with Crippen molar-refractivity contribution in [3.8, 4) is 0 Å². The Morgan fingerprint density at radius 3 is 2.63 bits per heavy atom. The summed E-state index contributed by atoms with van der Waals surface area (Å²) in [7, 11) is 0. The summed E-state index contributed by atoms with van der Waals surface area (Å²) in [6, 6.07) is 9.64. The zero-order chi connectivity index (χ0) is 13.4. The molecule has 1 fully saturated rings. The Kier molecular flexibility index (Phi) is 2.99. The molecule has 1 saturated heterocycles. The maximum Gasteiger partial charge on any atom is 0.295 e. The van der Waals surface area contributed by atoms with Gasteiger partial charge in [-0.25, -0.2) is 0 Å². The van der Waals surface area contributed by atoms with Crippen molar-refractivity contribution in [2.75, 3.05) is 0 Å². The summed E-state index contributed by atoms with van der Waals surface area (Å²) in [6.45, 7) is 0.430. The highest BCUT2D eigenvalue weighted by Crippen LogP contribution is 2.36. The fourth-order valence-corrected chi connectivity index (χ4v) is 2.71. The van der Waals surface area contributed by atoms with Crippen LogP contribution in [0, 0.1) is 5.92 Å². The molecule has 0 radical (unpaired) electrons. The van der Waals surface area contributed by atoms with Crippen LogP contribution in [0.2, 0.25) is 0 Å². The van der Waals surface area contributed by atoms with Gasteiger partial charge in [-0.05, 0) is 24.1 Å². The lowest BCUT2D eigenvalue weighted by Crippen LogP contribution is -2.25. The van der Waals surface area contributed by atoms with E-state index in [0.717, 1.165) is 11.3 Å². The number of halogens is 1. The van der Waals surface area contributed by atoms with E-state index >= 15 is 0 Å². The monoisotopic (exact) mass is 273 g/mol. The lowest BCUT2D eigenvalue weighted by atomic mass is 9.96. The van der Waals surface area contributed by atoms with Crippen LogP contribution in [0.1, 0.15) is 12.0 Å². The maximum atomic E-state index is 12.1. The molecule has 1 atom stereocenters. The third-order valence-corrected chi connectivity index (χ3v) is 3.74. The van der Waals surface area contributed by atoms with Crippen LogP contribution in [-0.4, -0.2) is 16.6 Å². The molecule has 0 aromatic heterocycles. The molecule has 1 amide bonds. The van der Waals surface area contributed by atoms with Gasteiger partial charge in [0.1, 0.15) is 0 Å². The van der Waals surface area contributed by atoms with Gasteiger partial charge in [0.05, 0.1) is 12.5 Å². The maximum absolute atomic E-state index is 12.1. The molecule has 1 aliphatic carbocycles. The first-order valence-corrected chi connectivity index (χ1v) is 6.50. The predicted molar refractivity (Wildman–Crippen MR) is 72.1 cm³/mol. The first kappa shape index (κ1) is 12.2. The van der Waals surface area contributed by atoms with E-state index in [-0.39, 0.29) is 5.78 Å². The van der Waals surface area contributed by atoms with Gasteiger partial charge in [-0.1, -0.05) is 41.9 Å². The van der Waals surface area contributed by atoms with E-state index in [1.165, 1.54) is 0 Å². The number of fused-ring (bicyclic) bond motifs is 1. The summed E-state index contributed by atoms with van der Waals surface area (Å²) in [6.07, 6.45) is 3.97. The second kappa shape index (κ2) is 4.67. The molecular weight excluding hydrogens is 262 g/mol. The average molecular weight is 274 g/mol. The molecular formula is C15H12ClNO2. The van der Waals surface area contributed by atoms with E-state index < -0.39 is 11.8 Å². The van der Waals surface area contributed by atoms with E-state index in [2.05, 4.69) is 0 Å². The number of hydrogen-bond acceptors (Lipinski definition) is 2. The van der Waals surface area contributed by atoms with Gasteiger partial charge in [0.25, 0.3) is 5.91 Å². The fourth-order valence-electron chi connectivity index (χ4n) is 2.49. The Bertz CT molecular complexity index is 604. The van der Waals surface area contributed by atoms with Gasteiger partial charge in [0.2, 0.25) is 5.78 Å². The molecule has 3 rings (SSSR count). The lowest BCUT2D eigenvalue weighted by molar-refractivity contribution is -0.140. The molecule has 96 valence electrons. The van der Waals surface area contributed by atoms with E-state index in [1.807, 2.05) is 30.3 Å². The molecule has 2 aliphatic rings. The SMILES string of the molecule is O=C1C(=O)N(Cc2ccccc2)C2=CC=C(Cl)CC12. The van der Waals surface area contributed by atoms with Gasteiger partial charge in [-0.3, -0.25) is 9.59 Å². The normalized spacial score (nSPS) is 22.2. The summed E-state index contributed by atoms with van der Waals surface area (Å²) < 4.78 is 0. The minimum Gasteiger partial charge on any atom is -0.304 e. The third-order valence-electron chi connectivity index (χ3n) is 3.46. The average Bonchev–Trinajstić information content (AvgIpc) is 2.65. The van der Waals surface area contributed by atoms with Crippen molar-refractivity contribution in [3.05, 3.63) is 58.8 Å². The van der Waals surface area contributed by atoms with Crippen molar-refractivity contribution in [2.24, 2.45) is 5.92 Å². The van der Waals surface area contributed by atoms with Gasteiger partial charge < -0.3 is 4.90 Å². The molecule has 1 aromatic carbocycles. The summed E-state index contributed by atoms with van der Waals surface area (Å²) in [4.78, 5) is 25.6. The van der Waals surface area contributed by atoms with E-state index in [0.29, 0.717) is 18.0 Å². The van der Waals surface area contributed by atoms with Crippen LogP contribution >= 0.6 is 11.6 Å². The van der Waals surface area contributed by atoms with Crippen molar-refractivity contribution in [1.82, 2.24) is 4.90 Å². The molecule has 1 heterocycles. The Balaban J connectivity index is 1.92. The van der Waals surface area contributed by atoms with Crippen LogP contribution < -0.4 is 0 Å². The van der Waals surface area contributed by atoms with Crippen LogP contribution in [0.3, 0.4) is 0 Å². The number of likely N-dealkylation sites (tertiary alicyclic amines) is 1. The number of carbonyl (C=O) groups excluding carboxylic acids is 2. The Morgan fingerprint density at radius 2 is 1.89 bits per heavy atom. The summed E-state index contributed by atoms with van der Waals surface area (Å²) >= 11 is 5.94. The van der Waals surface area contributed by atoms with Crippen molar-refractivity contribution >= 4 is 23.3 Å². The largest absolute Gasteiger partial charge is 0.304 e. The van der Waals surface area contributed by atoms with Gasteiger partial charge in [-0.15, -0.1) is 0 Å². The second-order valence-corrected chi connectivity index (χ2v) is 5.19. The highest BCUT2D eigenvalue weighted by Gasteiger charge is 2.44. The minimum atomic E-state index is -0.431. The number of rotatable bonds is 2. The fraction of sp³-hybridized carbons (Fsp3) is 0.200. The Labute approximate surface area is 116 Å². The van der Waals surface area contributed by atoms with Crippen molar-refractivity contribution in [1.29, 1.82) is 0 Å². The molecule has 0 N–H and O–H groups in total. The molecule has 1 unspecified atom stereocenters. The van der Waals surface area contributed by atoms with Crippen molar-refractivity contribution in [3.63, 3.8) is 0 Å². The Hall–Kier alpha value is -1.87. The molecule has 0 spiro atoms. The van der Waals surface area contributed by atoms with Gasteiger partial charge >= 0.3 is 0 Å². The number of hydrogen-bond donors (Lipinski definition) is 0. The second-order valence-electron chi connectivity index (χ2n) is 4.70. The molecule has 3 nitrogen and oxygen atoms in total. The first-order chi connectivity index (χ1) is 9.16. The molecule has 0 saturated carbocycles. The van der Waals surface area contributed by atoms with Crippen LogP contribution in [0.4, 0.5) is 0 Å². The predicted octanol–water partition coefficient (Wildman–Crippen LogP) is 2.62. The first-order valence-electron chi connectivity index (χ1n) is 6.12. The summed E-state index contributed by atoms with van der Waals surface area (Å²) in [5.74, 6) is -1.18. The molecule has 19 heavy (non-hydrogen) atoms. The van der Waals surface area contributed by atoms with Crippen molar-refractivity contribution in [2.45, 2.75) is 13.0 Å². The van der Waals surface area contributed by atoms with Crippen LogP contribution in [0.15, 0.2) is 53.2 Å². The number of Topliss-reactive ketones (excluding diaryl/α,β-unsaturated/α-hetero) is 1. The number of benzene rings is 1. The Morgan fingerprint density at radius 1 is 1.16 bits per heavy atom. The lowest BCUT2D eigenvalue weighted by Gasteiger charge is -2.21. The quantitative estimate of drug-likeness (QED) is 0.777. The number of nitrogens with zero attached hydrogens (tertiary/aromatic N) is 1. The summed E-state index contributed by atoms with van der Waals surface area (Å²) in [5.41, 5.74) is 1.77. The van der Waals surface area contributed by atoms with Crippen LogP contribution in [0.25, 0.3) is 0 Å². The molecule has 0 bridgehead atoms. The molecule has 4 heteroatoms. The number of allylic oxidation sites excluding steroid dienone is 4. The zero-order valence-corrected chi connectivity index (χ0v) is 10.9. The number of amides is 1. The zero-order valence-electron chi connectivity index (χ0n) is 10.2. The van der Waals surface area contributed by atoms with Crippen LogP contribution in [0.5, 0.6) is 0 Å². The van der Waals surface area contributed by atoms with Crippen LogP contribution in [-0.2, 0) is 16.1 Å². The van der Waals surface area contributed by atoms with E-state index in [1.54, 1.807) is 17.1 Å². The molecule has 1 aromatic rings. The molecule has 1 aliphatic heterocycles. The minimum absolute atomic E-state index is 0.353. The third kappa shape index (κ3) is 2.10. The van der Waals surface area contributed by atoms with Gasteiger partial charge in [0, 0.05) is 10.7 Å². The van der Waals surface area contributed by atoms with Gasteiger partial charge in [-0.2, -0.15) is 0 Å². The topological polar surface area (TPSA) is 37.4 Å². The smallest absolute Gasteiger partial charge is 0.295 e.